The maximum absolute atomic E-state index is 11.9. The first-order valence-corrected chi connectivity index (χ1v) is 6.51. The van der Waals surface area contributed by atoms with Gasteiger partial charge in [-0.25, -0.2) is 0 Å². The van der Waals surface area contributed by atoms with Crippen molar-refractivity contribution in [3.05, 3.63) is 0 Å². The molecule has 0 rings (SSSR count). The van der Waals surface area contributed by atoms with Crippen LogP contribution in [0.5, 0.6) is 0 Å². The number of carbonyl (C=O) groups excluding carboxylic acids is 1. The zero-order valence-corrected chi connectivity index (χ0v) is 12.1. The van der Waals surface area contributed by atoms with E-state index in [1.54, 1.807) is 0 Å². The lowest BCUT2D eigenvalue weighted by Crippen LogP contribution is -2.49. The van der Waals surface area contributed by atoms with Crippen LogP contribution >= 0.6 is 0 Å². The second kappa shape index (κ2) is 8.08. The molecule has 5 heteroatoms. The van der Waals surface area contributed by atoms with E-state index in [1.165, 1.54) is 0 Å². The Bertz CT molecular complexity index is 277. The topological polar surface area (TPSA) is 69.6 Å². The number of hydrogen-bond acceptors (Lipinski definition) is 3. The first-order chi connectivity index (χ1) is 8.25. The molecule has 0 fully saturated rings. The molecule has 0 aromatic carbocycles. The van der Waals surface area contributed by atoms with Crippen molar-refractivity contribution in [2.75, 3.05) is 13.1 Å². The van der Waals surface area contributed by atoms with Crippen LogP contribution in [0, 0.1) is 5.92 Å². The minimum Gasteiger partial charge on any atom is -0.481 e. The largest absolute Gasteiger partial charge is 0.481 e. The van der Waals surface area contributed by atoms with Crippen LogP contribution in [0.15, 0.2) is 0 Å². The Kier molecular flexibility index (Phi) is 7.59. The number of carboxylic acids is 1. The van der Waals surface area contributed by atoms with Gasteiger partial charge in [0.15, 0.2) is 0 Å². The highest BCUT2D eigenvalue weighted by Gasteiger charge is 2.23. The Hall–Kier alpha value is -1.10. The second-order valence-corrected chi connectivity index (χ2v) is 5.29. The molecule has 106 valence electrons. The number of carbonyl (C=O) groups is 2. The molecule has 0 aromatic heterocycles. The average Bonchev–Trinajstić information content (AvgIpc) is 2.24. The SMILES string of the molecule is CC(C)CNC(=O)C(C)N(CCC(=O)O)C(C)C. The highest BCUT2D eigenvalue weighted by atomic mass is 16.4. The Morgan fingerprint density at radius 1 is 1.17 bits per heavy atom. The zero-order valence-electron chi connectivity index (χ0n) is 12.1. The molecule has 0 aromatic rings. The van der Waals surface area contributed by atoms with Crippen molar-refractivity contribution < 1.29 is 14.7 Å². The van der Waals surface area contributed by atoms with Gasteiger partial charge in [-0.1, -0.05) is 13.8 Å². The Morgan fingerprint density at radius 2 is 1.72 bits per heavy atom. The van der Waals surface area contributed by atoms with Crippen molar-refractivity contribution in [2.45, 2.75) is 53.1 Å². The molecule has 2 N–H and O–H groups in total. The molecule has 0 radical (unpaired) electrons. The fraction of sp³-hybridized carbons (Fsp3) is 0.846. The Labute approximate surface area is 110 Å². The van der Waals surface area contributed by atoms with E-state index in [0.29, 0.717) is 19.0 Å². The van der Waals surface area contributed by atoms with Gasteiger partial charge in [-0.3, -0.25) is 14.5 Å². The number of rotatable bonds is 8. The summed E-state index contributed by atoms with van der Waals surface area (Å²) in [7, 11) is 0. The van der Waals surface area contributed by atoms with Crippen LogP contribution in [0.3, 0.4) is 0 Å². The summed E-state index contributed by atoms with van der Waals surface area (Å²) in [5.74, 6) is -0.467. The number of carboxylic acid groups (broad SMARTS) is 1. The summed E-state index contributed by atoms with van der Waals surface area (Å²) in [6, 6.07) is -0.160. The lowest BCUT2D eigenvalue weighted by Gasteiger charge is -2.31. The maximum atomic E-state index is 11.9. The van der Waals surface area contributed by atoms with Crippen LogP contribution < -0.4 is 5.32 Å². The molecule has 0 saturated carbocycles. The number of amides is 1. The van der Waals surface area contributed by atoms with E-state index in [0.717, 1.165) is 0 Å². The summed E-state index contributed by atoms with van der Waals surface area (Å²) in [6.07, 6.45) is 0.0555. The Morgan fingerprint density at radius 3 is 2.11 bits per heavy atom. The van der Waals surface area contributed by atoms with Crippen LogP contribution in [-0.2, 0) is 9.59 Å². The van der Waals surface area contributed by atoms with Crippen molar-refractivity contribution in [2.24, 2.45) is 5.92 Å². The monoisotopic (exact) mass is 258 g/mol. The van der Waals surface area contributed by atoms with Gasteiger partial charge in [0.25, 0.3) is 0 Å². The van der Waals surface area contributed by atoms with Gasteiger partial charge in [-0.05, 0) is 26.7 Å². The molecule has 0 aliphatic heterocycles. The van der Waals surface area contributed by atoms with Gasteiger partial charge in [-0.15, -0.1) is 0 Å². The van der Waals surface area contributed by atoms with E-state index >= 15 is 0 Å². The fourth-order valence-corrected chi connectivity index (χ4v) is 1.73. The van der Waals surface area contributed by atoms with E-state index < -0.39 is 5.97 Å². The first kappa shape index (κ1) is 16.9. The number of aliphatic carboxylic acids is 1. The molecule has 0 heterocycles. The minimum atomic E-state index is -0.838. The van der Waals surface area contributed by atoms with Gasteiger partial charge in [0, 0.05) is 19.1 Å². The molecule has 18 heavy (non-hydrogen) atoms. The summed E-state index contributed by atoms with van der Waals surface area (Å²) in [6.45, 7) is 10.9. The van der Waals surface area contributed by atoms with Crippen molar-refractivity contribution in [3.63, 3.8) is 0 Å². The summed E-state index contributed by atoms with van der Waals surface area (Å²) in [5, 5.41) is 11.6. The van der Waals surface area contributed by atoms with Gasteiger partial charge in [0.2, 0.25) is 5.91 Å². The summed E-state index contributed by atoms with van der Waals surface area (Å²) >= 11 is 0. The van der Waals surface area contributed by atoms with Crippen LogP contribution in [0.4, 0.5) is 0 Å². The van der Waals surface area contributed by atoms with E-state index in [4.69, 9.17) is 5.11 Å². The molecule has 0 aliphatic rings. The van der Waals surface area contributed by atoms with Gasteiger partial charge in [-0.2, -0.15) is 0 Å². The predicted octanol–water partition coefficient (Wildman–Crippen LogP) is 1.33. The van der Waals surface area contributed by atoms with Crippen LogP contribution in [0.1, 0.15) is 41.0 Å². The van der Waals surface area contributed by atoms with E-state index in [1.807, 2.05) is 39.5 Å². The summed E-state index contributed by atoms with van der Waals surface area (Å²) in [4.78, 5) is 24.5. The predicted molar refractivity (Wildman–Crippen MR) is 71.4 cm³/mol. The van der Waals surface area contributed by atoms with E-state index in [9.17, 15) is 9.59 Å². The van der Waals surface area contributed by atoms with Gasteiger partial charge in [0.1, 0.15) is 0 Å². The molecule has 0 spiro atoms. The van der Waals surface area contributed by atoms with Crippen molar-refractivity contribution in [1.29, 1.82) is 0 Å². The van der Waals surface area contributed by atoms with Gasteiger partial charge < -0.3 is 10.4 Å². The molecule has 0 bridgehead atoms. The zero-order chi connectivity index (χ0) is 14.3. The molecule has 1 amide bonds. The minimum absolute atomic E-state index is 0.0391. The molecule has 0 saturated heterocycles. The van der Waals surface area contributed by atoms with Crippen LogP contribution in [0.2, 0.25) is 0 Å². The van der Waals surface area contributed by atoms with Gasteiger partial charge >= 0.3 is 5.97 Å². The third-order valence-electron chi connectivity index (χ3n) is 2.81. The summed E-state index contributed by atoms with van der Waals surface area (Å²) in [5.41, 5.74) is 0. The third-order valence-corrected chi connectivity index (χ3v) is 2.81. The van der Waals surface area contributed by atoms with Crippen LogP contribution in [-0.4, -0.2) is 47.1 Å². The fourth-order valence-electron chi connectivity index (χ4n) is 1.73. The van der Waals surface area contributed by atoms with Crippen molar-refractivity contribution >= 4 is 11.9 Å². The highest BCUT2D eigenvalue weighted by Crippen LogP contribution is 2.07. The Balaban J connectivity index is 4.40. The molecule has 5 nitrogen and oxygen atoms in total. The highest BCUT2D eigenvalue weighted by molar-refractivity contribution is 5.81. The van der Waals surface area contributed by atoms with Crippen molar-refractivity contribution in [3.8, 4) is 0 Å². The lowest BCUT2D eigenvalue weighted by molar-refractivity contribution is -0.138. The molecule has 0 aliphatic carbocycles. The maximum Gasteiger partial charge on any atom is 0.304 e. The summed E-state index contributed by atoms with van der Waals surface area (Å²) < 4.78 is 0. The number of nitrogens with one attached hydrogen (secondary N) is 1. The second-order valence-electron chi connectivity index (χ2n) is 5.29. The molecule has 1 unspecified atom stereocenters. The number of hydrogen-bond donors (Lipinski definition) is 2. The van der Waals surface area contributed by atoms with Crippen molar-refractivity contribution in [1.82, 2.24) is 10.2 Å². The molecular weight excluding hydrogens is 232 g/mol. The third kappa shape index (κ3) is 6.59. The molecule has 1 atom stereocenters. The van der Waals surface area contributed by atoms with E-state index in [2.05, 4.69) is 5.32 Å². The average molecular weight is 258 g/mol. The van der Waals surface area contributed by atoms with E-state index in [-0.39, 0.29) is 24.4 Å². The standard InChI is InChI=1S/C13H26N2O3/c1-9(2)8-14-13(18)11(5)15(10(3)4)7-6-12(16)17/h9-11H,6-8H2,1-5H3,(H,14,18)(H,16,17). The quantitative estimate of drug-likeness (QED) is 0.689. The lowest BCUT2D eigenvalue weighted by atomic mass is 10.1. The number of nitrogens with zero attached hydrogens (tertiary/aromatic N) is 1. The smallest absolute Gasteiger partial charge is 0.304 e. The molecular formula is C13H26N2O3. The first-order valence-electron chi connectivity index (χ1n) is 6.51. The van der Waals surface area contributed by atoms with Crippen LogP contribution in [0.25, 0.3) is 0 Å². The normalized spacial score (nSPS) is 13.1. The van der Waals surface area contributed by atoms with Gasteiger partial charge in [0.05, 0.1) is 12.5 Å².